The smallest absolute Gasteiger partial charge is 0.251 e. The van der Waals surface area contributed by atoms with Crippen LogP contribution in [-0.4, -0.2) is 47.1 Å². The Balaban J connectivity index is 1.37. The fourth-order valence-corrected chi connectivity index (χ4v) is 3.60. The van der Waals surface area contributed by atoms with Gasteiger partial charge < -0.3 is 20.3 Å². The Morgan fingerprint density at radius 2 is 1.94 bits per heavy atom. The molecule has 0 spiro atoms. The van der Waals surface area contributed by atoms with Crippen LogP contribution in [0.15, 0.2) is 54.9 Å². The van der Waals surface area contributed by atoms with Gasteiger partial charge in [-0.2, -0.15) is 4.98 Å². The second-order valence-corrected chi connectivity index (χ2v) is 7.59. The number of anilines is 3. The molecule has 0 unspecified atom stereocenters. The zero-order valence-electron chi connectivity index (χ0n) is 17.1. The lowest BCUT2D eigenvalue weighted by molar-refractivity contribution is 0.0963. The maximum atomic E-state index is 11.8. The monoisotopic (exact) mass is 438 g/mol. The third-order valence-electron chi connectivity index (χ3n) is 4.99. The van der Waals surface area contributed by atoms with Crippen molar-refractivity contribution in [2.75, 3.05) is 30.4 Å². The van der Waals surface area contributed by atoms with E-state index in [1.807, 2.05) is 30.3 Å². The van der Waals surface area contributed by atoms with Gasteiger partial charge in [-0.05, 0) is 36.4 Å². The summed E-state index contributed by atoms with van der Waals surface area (Å²) in [5.74, 6) is 1.68. The number of amides is 1. The van der Waals surface area contributed by atoms with E-state index in [9.17, 15) is 4.79 Å². The molecule has 2 N–H and O–H groups in total. The van der Waals surface area contributed by atoms with Gasteiger partial charge in [0.15, 0.2) is 0 Å². The summed E-state index contributed by atoms with van der Waals surface area (Å²) in [6.07, 6.45) is 3.33. The van der Waals surface area contributed by atoms with E-state index >= 15 is 0 Å². The molecule has 1 fully saturated rings. The summed E-state index contributed by atoms with van der Waals surface area (Å²) in [7, 11) is 1.60. The average molecular weight is 439 g/mol. The number of benzene rings is 2. The summed E-state index contributed by atoms with van der Waals surface area (Å²) >= 11 is 6.03. The standard InChI is InChI=1S/C22H23ClN6O2/c1-24-20(30)15-4-2-6-17(12-15)27-21-25-14-26-22(28-21)29-10-8-18(9-11-29)31-19-7-3-5-16(23)13-19/h2-7,12-14,18H,8-11H2,1H3,(H,24,30)(H,25,26,27,28). The zero-order valence-corrected chi connectivity index (χ0v) is 17.8. The number of halogens is 1. The number of hydrogen-bond acceptors (Lipinski definition) is 7. The summed E-state index contributed by atoms with van der Waals surface area (Å²) in [4.78, 5) is 27.0. The lowest BCUT2D eigenvalue weighted by Crippen LogP contribution is -2.39. The molecule has 8 nitrogen and oxygen atoms in total. The van der Waals surface area contributed by atoms with E-state index in [0.29, 0.717) is 22.5 Å². The number of nitrogens with zero attached hydrogens (tertiary/aromatic N) is 4. The van der Waals surface area contributed by atoms with Crippen LogP contribution < -0.4 is 20.3 Å². The number of carbonyl (C=O) groups is 1. The van der Waals surface area contributed by atoms with Crippen molar-refractivity contribution in [3.05, 3.63) is 65.4 Å². The van der Waals surface area contributed by atoms with Gasteiger partial charge >= 0.3 is 0 Å². The average Bonchev–Trinajstić information content (AvgIpc) is 2.79. The molecule has 9 heteroatoms. The van der Waals surface area contributed by atoms with Crippen molar-refractivity contribution in [2.24, 2.45) is 0 Å². The molecule has 2 heterocycles. The van der Waals surface area contributed by atoms with Crippen LogP contribution in [-0.2, 0) is 0 Å². The summed E-state index contributed by atoms with van der Waals surface area (Å²) in [6.45, 7) is 1.56. The van der Waals surface area contributed by atoms with E-state index in [2.05, 4.69) is 30.5 Å². The largest absolute Gasteiger partial charge is 0.490 e. The molecule has 160 valence electrons. The first-order valence-corrected chi connectivity index (χ1v) is 10.4. The molecule has 0 saturated carbocycles. The molecule has 1 aliphatic rings. The van der Waals surface area contributed by atoms with Gasteiger partial charge in [0.05, 0.1) is 0 Å². The lowest BCUT2D eigenvalue weighted by Gasteiger charge is -2.32. The number of carbonyl (C=O) groups excluding carboxylic acids is 1. The Morgan fingerprint density at radius 1 is 1.13 bits per heavy atom. The highest BCUT2D eigenvalue weighted by molar-refractivity contribution is 6.30. The van der Waals surface area contributed by atoms with Gasteiger partial charge in [-0.1, -0.05) is 23.7 Å². The van der Waals surface area contributed by atoms with Gasteiger partial charge in [0.25, 0.3) is 5.91 Å². The molecule has 4 rings (SSSR count). The Bertz CT molecular complexity index is 1060. The second kappa shape index (κ2) is 9.61. The third-order valence-corrected chi connectivity index (χ3v) is 5.23. The summed E-state index contributed by atoms with van der Waals surface area (Å²) in [5.41, 5.74) is 1.29. The van der Waals surface area contributed by atoms with Crippen LogP contribution in [0.25, 0.3) is 0 Å². The number of aromatic nitrogens is 3. The Kier molecular flexibility index (Phi) is 6.47. The maximum Gasteiger partial charge on any atom is 0.251 e. The Labute approximate surface area is 185 Å². The van der Waals surface area contributed by atoms with Crippen molar-refractivity contribution in [1.82, 2.24) is 20.3 Å². The molecular formula is C22H23ClN6O2. The third kappa shape index (κ3) is 5.40. The molecule has 2 aromatic carbocycles. The Hall–Kier alpha value is -3.39. The highest BCUT2D eigenvalue weighted by Crippen LogP contribution is 2.24. The second-order valence-electron chi connectivity index (χ2n) is 7.16. The van der Waals surface area contributed by atoms with E-state index in [1.165, 1.54) is 6.33 Å². The molecule has 3 aromatic rings. The van der Waals surface area contributed by atoms with E-state index in [1.54, 1.807) is 25.2 Å². The quantitative estimate of drug-likeness (QED) is 0.606. The molecule has 1 saturated heterocycles. The van der Waals surface area contributed by atoms with Crippen molar-refractivity contribution in [2.45, 2.75) is 18.9 Å². The topological polar surface area (TPSA) is 92.3 Å². The predicted octanol–water partition coefficient (Wildman–Crippen LogP) is 3.68. The van der Waals surface area contributed by atoms with Crippen molar-refractivity contribution < 1.29 is 9.53 Å². The molecule has 1 aromatic heterocycles. The molecule has 1 aliphatic heterocycles. The summed E-state index contributed by atoms with van der Waals surface area (Å²) in [5, 5.41) is 6.43. The first-order valence-electron chi connectivity index (χ1n) is 10.1. The van der Waals surface area contributed by atoms with E-state index in [-0.39, 0.29) is 12.0 Å². The van der Waals surface area contributed by atoms with Crippen molar-refractivity contribution in [3.8, 4) is 5.75 Å². The normalized spacial score (nSPS) is 14.2. The highest BCUT2D eigenvalue weighted by Gasteiger charge is 2.22. The minimum atomic E-state index is -0.150. The van der Waals surface area contributed by atoms with Crippen LogP contribution in [0.5, 0.6) is 5.75 Å². The molecule has 0 bridgehead atoms. The van der Waals surface area contributed by atoms with Crippen molar-refractivity contribution >= 4 is 35.1 Å². The number of piperidine rings is 1. The van der Waals surface area contributed by atoms with Gasteiger partial charge in [0, 0.05) is 49.3 Å². The minimum absolute atomic E-state index is 0.126. The van der Waals surface area contributed by atoms with Crippen LogP contribution in [0.4, 0.5) is 17.6 Å². The minimum Gasteiger partial charge on any atom is -0.490 e. The molecule has 1 amide bonds. The van der Waals surface area contributed by atoms with E-state index in [0.717, 1.165) is 37.4 Å². The fourth-order valence-electron chi connectivity index (χ4n) is 3.42. The molecule has 31 heavy (non-hydrogen) atoms. The zero-order chi connectivity index (χ0) is 21.6. The maximum absolute atomic E-state index is 11.8. The number of ether oxygens (including phenoxy) is 1. The molecular weight excluding hydrogens is 416 g/mol. The first-order chi connectivity index (χ1) is 15.1. The number of hydrogen-bond donors (Lipinski definition) is 2. The summed E-state index contributed by atoms with van der Waals surface area (Å²) < 4.78 is 6.05. The van der Waals surface area contributed by atoms with Gasteiger partial charge in [0.1, 0.15) is 18.2 Å². The lowest BCUT2D eigenvalue weighted by atomic mass is 10.1. The van der Waals surface area contributed by atoms with Gasteiger partial charge in [-0.3, -0.25) is 4.79 Å². The van der Waals surface area contributed by atoms with Gasteiger partial charge in [0.2, 0.25) is 11.9 Å². The Morgan fingerprint density at radius 3 is 2.71 bits per heavy atom. The number of nitrogens with one attached hydrogen (secondary N) is 2. The van der Waals surface area contributed by atoms with Crippen LogP contribution in [0.2, 0.25) is 5.02 Å². The van der Waals surface area contributed by atoms with Crippen LogP contribution in [0.1, 0.15) is 23.2 Å². The van der Waals surface area contributed by atoms with Crippen LogP contribution in [0, 0.1) is 0 Å². The van der Waals surface area contributed by atoms with Crippen molar-refractivity contribution in [3.63, 3.8) is 0 Å². The van der Waals surface area contributed by atoms with E-state index in [4.69, 9.17) is 16.3 Å². The van der Waals surface area contributed by atoms with Crippen LogP contribution >= 0.6 is 11.6 Å². The molecule has 0 radical (unpaired) electrons. The van der Waals surface area contributed by atoms with Gasteiger partial charge in [-0.25, -0.2) is 9.97 Å². The van der Waals surface area contributed by atoms with Crippen LogP contribution in [0.3, 0.4) is 0 Å². The van der Waals surface area contributed by atoms with E-state index < -0.39 is 0 Å². The van der Waals surface area contributed by atoms with Gasteiger partial charge in [-0.15, -0.1) is 0 Å². The fraction of sp³-hybridized carbons (Fsp3) is 0.273. The molecule has 0 aliphatic carbocycles. The highest BCUT2D eigenvalue weighted by atomic mass is 35.5. The van der Waals surface area contributed by atoms with Crippen molar-refractivity contribution in [1.29, 1.82) is 0 Å². The number of rotatable bonds is 6. The summed E-state index contributed by atoms with van der Waals surface area (Å²) in [6, 6.07) is 14.6. The first kappa shape index (κ1) is 20.9. The molecule has 0 atom stereocenters. The predicted molar refractivity (Wildman–Crippen MR) is 120 cm³/mol. The SMILES string of the molecule is CNC(=O)c1cccc(Nc2ncnc(N3CCC(Oc4cccc(Cl)c4)CC3)n2)c1.